The number of halogens is 1. The molecule has 0 saturated carbocycles. The van der Waals surface area contributed by atoms with E-state index in [1.807, 2.05) is 0 Å². The molecule has 106 valence electrons. The predicted octanol–water partition coefficient (Wildman–Crippen LogP) is 1.29. The Labute approximate surface area is 117 Å². The largest absolute Gasteiger partial charge is 0.388 e. The third-order valence-corrected chi connectivity index (χ3v) is 3.70. The summed E-state index contributed by atoms with van der Waals surface area (Å²) >= 11 is 5.88. The fourth-order valence-electron chi connectivity index (χ4n) is 2.36. The first-order chi connectivity index (χ1) is 8.91. The Kier molecular flexibility index (Phi) is 4.18. The normalized spacial score (nSPS) is 18.3. The zero-order valence-electron chi connectivity index (χ0n) is 11.2. The van der Waals surface area contributed by atoms with Gasteiger partial charge >= 0.3 is 0 Å². The van der Waals surface area contributed by atoms with Crippen molar-refractivity contribution in [2.45, 2.75) is 18.4 Å². The second-order valence-electron chi connectivity index (χ2n) is 5.15. The van der Waals surface area contributed by atoms with Crippen LogP contribution in [0.1, 0.15) is 23.3 Å². The van der Waals surface area contributed by atoms with Crippen molar-refractivity contribution < 1.29 is 14.6 Å². The molecule has 1 amide bonds. The van der Waals surface area contributed by atoms with E-state index in [9.17, 15) is 9.90 Å². The minimum absolute atomic E-state index is 0.144. The van der Waals surface area contributed by atoms with Crippen LogP contribution in [-0.4, -0.2) is 52.9 Å². The molecule has 1 fully saturated rings. The molecule has 0 aliphatic carbocycles. The number of likely N-dealkylation sites (N-methyl/N-ethyl adjacent to an activating group) is 1. The van der Waals surface area contributed by atoms with Crippen molar-refractivity contribution in [1.29, 1.82) is 0 Å². The Balaban J connectivity index is 2.05. The number of hydrogen-bond acceptors (Lipinski definition) is 3. The Hall–Kier alpha value is -1.04. The molecule has 6 heteroatoms. The van der Waals surface area contributed by atoms with Crippen LogP contribution in [0.3, 0.4) is 0 Å². The molecule has 2 rings (SSSR count). The van der Waals surface area contributed by atoms with E-state index in [-0.39, 0.29) is 5.91 Å². The monoisotopic (exact) mass is 286 g/mol. The average molecular weight is 287 g/mol. The van der Waals surface area contributed by atoms with Gasteiger partial charge in [-0.25, -0.2) is 0 Å². The summed E-state index contributed by atoms with van der Waals surface area (Å²) in [6.45, 7) is 1.38. The SMILES string of the molecule is CN(CC1(O)CCOCC1)C(=O)c1cc(Cl)cn1C. The maximum absolute atomic E-state index is 12.3. The van der Waals surface area contributed by atoms with E-state index < -0.39 is 5.60 Å². The molecule has 0 unspecified atom stereocenters. The van der Waals surface area contributed by atoms with Crippen LogP contribution in [0.4, 0.5) is 0 Å². The number of ether oxygens (including phenoxy) is 1. The number of rotatable bonds is 3. The van der Waals surface area contributed by atoms with Crippen molar-refractivity contribution in [3.8, 4) is 0 Å². The molecule has 0 atom stereocenters. The lowest BCUT2D eigenvalue weighted by Crippen LogP contribution is -2.47. The van der Waals surface area contributed by atoms with Crippen LogP contribution >= 0.6 is 11.6 Å². The van der Waals surface area contributed by atoms with Crippen molar-refractivity contribution in [2.75, 3.05) is 26.8 Å². The van der Waals surface area contributed by atoms with E-state index in [2.05, 4.69) is 0 Å². The zero-order chi connectivity index (χ0) is 14.0. The van der Waals surface area contributed by atoms with Gasteiger partial charge in [0.15, 0.2) is 0 Å². The minimum Gasteiger partial charge on any atom is -0.388 e. The number of carbonyl (C=O) groups is 1. The van der Waals surface area contributed by atoms with Gasteiger partial charge in [-0.3, -0.25) is 4.79 Å². The summed E-state index contributed by atoms with van der Waals surface area (Å²) in [5.41, 5.74) is -0.333. The lowest BCUT2D eigenvalue weighted by molar-refractivity contribution is -0.0734. The summed E-state index contributed by atoms with van der Waals surface area (Å²) in [6, 6.07) is 1.63. The molecule has 0 spiro atoms. The molecule has 1 aliphatic rings. The molecule has 1 N–H and O–H groups in total. The van der Waals surface area contributed by atoms with Crippen molar-refractivity contribution in [3.05, 3.63) is 23.0 Å². The molecule has 1 aliphatic heterocycles. The van der Waals surface area contributed by atoms with Crippen LogP contribution in [0.15, 0.2) is 12.3 Å². The van der Waals surface area contributed by atoms with Gasteiger partial charge in [0.05, 0.1) is 10.6 Å². The smallest absolute Gasteiger partial charge is 0.270 e. The van der Waals surface area contributed by atoms with Crippen molar-refractivity contribution in [2.24, 2.45) is 7.05 Å². The molecule has 5 nitrogen and oxygen atoms in total. The summed E-state index contributed by atoms with van der Waals surface area (Å²) in [5, 5.41) is 10.9. The molecule has 2 heterocycles. The third kappa shape index (κ3) is 3.29. The molecular formula is C13H19ClN2O3. The van der Waals surface area contributed by atoms with Crippen LogP contribution in [0, 0.1) is 0 Å². The number of aliphatic hydroxyl groups is 1. The van der Waals surface area contributed by atoms with E-state index in [0.29, 0.717) is 43.3 Å². The van der Waals surface area contributed by atoms with Gasteiger partial charge in [0.25, 0.3) is 5.91 Å². The fraction of sp³-hybridized carbons (Fsp3) is 0.615. The van der Waals surface area contributed by atoms with Crippen LogP contribution in [0.5, 0.6) is 0 Å². The second kappa shape index (κ2) is 5.53. The average Bonchev–Trinajstić information content (AvgIpc) is 2.67. The summed E-state index contributed by atoms with van der Waals surface area (Å²) in [7, 11) is 3.47. The standard InChI is InChI=1S/C13H19ClN2O3/c1-15-8-10(14)7-11(15)12(17)16(2)9-13(18)3-5-19-6-4-13/h7-8,18H,3-6,9H2,1-2H3. The molecule has 1 aromatic heterocycles. The lowest BCUT2D eigenvalue weighted by atomic mass is 9.94. The summed E-state index contributed by atoms with van der Waals surface area (Å²) in [6.07, 6.45) is 2.79. The highest BCUT2D eigenvalue weighted by Crippen LogP contribution is 2.22. The van der Waals surface area contributed by atoms with Gasteiger partial charge in [0, 0.05) is 52.9 Å². The second-order valence-corrected chi connectivity index (χ2v) is 5.59. The van der Waals surface area contributed by atoms with Crippen LogP contribution in [0.25, 0.3) is 0 Å². The van der Waals surface area contributed by atoms with E-state index >= 15 is 0 Å². The van der Waals surface area contributed by atoms with Crippen molar-refractivity contribution >= 4 is 17.5 Å². The van der Waals surface area contributed by atoms with E-state index in [1.54, 1.807) is 30.9 Å². The van der Waals surface area contributed by atoms with Gasteiger partial charge in [-0.05, 0) is 6.07 Å². The highest BCUT2D eigenvalue weighted by molar-refractivity contribution is 6.31. The number of hydrogen-bond donors (Lipinski definition) is 1. The van der Waals surface area contributed by atoms with E-state index in [0.717, 1.165) is 0 Å². The third-order valence-electron chi connectivity index (χ3n) is 3.49. The highest BCUT2D eigenvalue weighted by atomic mass is 35.5. The van der Waals surface area contributed by atoms with Crippen molar-refractivity contribution in [3.63, 3.8) is 0 Å². The molecule has 0 aromatic carbocycles. The number of nitrogens with zero attached hydrogens (tertiary/aromatic N) is 2. The van der Waals surface area contributed by atoms with Crippen LogP contribution in [0.2, 0.25) is 5.02 Å². The van der Waals surface area contributed by atoms with E-state index in [4.69, 9.17) is 16.3 Å². The molecule has 1 saturated heterocycles. The van der Waals surface area contributed by atoms with Crippen molar-refractivity contribution in [1.82, 2.24) is 9.47 Å². The number of aryl methyl sites for hydroxylation is 1. The Morgan fingerprint density at radius 3 is 2.74 bits per heavy atom. The Morgan fingerprint density at radius 2 is 2.21 bits per heavy atom. The Morgan fingerprint density at radius 1 is 1.58 bits per heavy atom. The van der Waals surface area contributed by atoms with Gasteiger partial charge in [0.2, 0.25) is 0 Å². The van der Waals surface area contributed by atoms with Crippen LogP contribution in [-0.2, 0) is 11.8 Å². The first-order valence-electron chi connectivity index (χ1n) is 6.29. The van der Waals surface area contributed by atoms with Crippen LogP contribution < -0.4 is 0 Å². The number of carbonyl (C=O) groups excluding carboxylic acids is 1. The van der Waals surface area contributed by atoms with Gasteiger partial charge < -0.3 is 19.3 Å². The van der Waals surface area contributed by atoms with Gasteiger partial charge in [-0.1, -0.05) is 11.6 Å². The maximum atomic E-state index is 12.3. The van der Waals surface area contributed by atoms with Gasteiger partial charge in [-0.15, -0.1) is 0 Å². The lowest BCUT2D eigenvalue weighted by Gasteiger charge is -2.35. The van der Waals surface area contributed by atoms with Gasteiger partial charge in [0.1, 0.15) is 5.69 Å². The minimum atomic E-state index is -0.850. The first-order valence-corrected chi connectivity index (χ1v) is 6.66. The predicted molar refractivity (Wildman–Crippen MR) is 72.4 cm³/mol. The van der Waals surface area contributed by atoms with Gasteiger partial charge in [-0.2, -0.15) is 0 Å². The number of amides is 1. The Bertz CT molecular complexity index is 466. The molecule has 19 heavy (non-hydrogen) atoms. The zero-order valence-corrected chi connectivity index (χ0v) is 12.0. The topological polar surface area (TPSA) is 54.7 Å². The molecular weight excluding hydrogens is 268 g/mol. The first kappa shape index (κ1) is 14.4. The molecule has 0 radical (unpaired) electrons. The fourth-order valence-corrected chi connectivity index (χ4v) is 2.60. The summed E-state index contributed by atoms with van der Waals surface area (Å²) in [5.74, 6) is -0.144. The quantitative estimate of drug-likeness (QED) is 0.911. The van der Waals surface area contributed by atoms with E-state index in [1.165, 1.54) is 4.90 Å². The molecule has 1 aromatic rings. The molecule has 0 bridgehead atoms. The highest BCUT2D eigenvalue weighted by Gasteiger charge is 2.33. The number of aromatic nitrogens is 1. The summed E-state index contributed by atoms with van der Waals surface area (Å²) < 4.78 is 6.92. The maximum Gasteiger partial charge on any atom is 0.270 e. The summed E-state index contributed by atoms with van der Waals surface area (Å²) in [4.78, 5) is 13.8.